The van der Waals surface area contributed by atoms with Crippen LogP contribution in [0.15, 0.2) is 11.1 Å². The Kier molecular flexibility index (Phi) is 10.5. The molecule has 4 aliphatic carbocycles. The van der Waals surface area contributed by atoms with Crippen LogP contribution in [0, 0.1) is 39.4 Å². The zero-order valence-corrected chi connectivity index (χ0v) is 29.0. The minimum absolute atomic E-state index is 0.0264. The van der Waals surface area contributed by atoms with Gasteiger partial charge in [0.1, 0.15) is 6.10 Å². The van der Waals surface area contributed by atoms with Gasteiger partial charge in [0, 0.05) is 0 Å². The average Bonchev–Trinajstić information content (AvgIpc) is 3.20. The number of ether oxygens (including phenoxy) is 2. The van der Waals surface area contributed by atoms with Crippen molar-refractivity contribution in [2.45, 2.75) is 169 Å². The summed E-state index contributed by atoms with van der Waals surface area (Å²) in [5, 5.41) is 61.2. The van der Waals surface area contributed by atoms with Crippen LogP contribution in [0.25, 0.3) is 0 Å². The molecule has 2 saturated carbocycles. The molecule has 6 unspecified atom stereocenters. The molecule has 0 aliphatic heterocycles. The lowest BCUT2D eigenvalue weighted by Gasteiger charge is -2.62. The van der Waals surface area contributed by atoms with E-state index >= 15 is 0 Å². The lowest BCUT2D eigenvalue weighted by atomic mass is 9.43. The van der Waals surface area contributed by atoms with E-state index in [4.69, 9.17) is 9.47 Å². The van der Waals surface area contributed by atoms with Gasteiger partial charge < -0.3 is 40.1 Å². The molecule has 256 valence electrons. The maximum atomic E-state index is 11.2. The predicted molar refractivity (Wildman–Crippen MR) is 170 cm³/mol. The zero-order valence-electron chi connectivity index (χ0n) is 29.0. The van der Waals surface area contributed by atoms with Gasteiger partial charge >= 0.3 is 0 Å². The van der Waals surface area contributed by atoms with E-state index in [0.717, 1.165) is 51.4 Å². The first kappa shape index (κ1) is 36.3. The third kappa shape index (κ3) is 6.33. The Labute approximate surface area is 266 Å². The van der Waals surface area contributed by atoms with Gasteiger partial charge in [-0.2, -0.15) is 0 Å². The third-order valence-electron chi connectivity index (χ3n) is 13.6. The van der Waals surface area contributed by atoms with Gasteiger partial charge in [-0.05, 0) is 124 Å². The van der Waals surface area contributed by atoms with Gasteiger partial charge in [-0.25, -0.2) is 0 Å². The quantitative estimate of drug-likeness (QED) is 0.131. The molecule has 0 heterocycles. The highest BCUT2D eigenvalue weighted by molar-refractivity contribution is 5.38. The number of allylic oxidation sites excluding steroid dienone is 2. The second-order valence-corrected chi connectivity index (χ2v) is 17.0. The number of aliphatic hydroxyl groups excluding tert-OH is 4. The van der Waals surface area contributed by atoms with E-state index in [1.807, 2.05) is 13.8 Å². The van der Waals surface area contributed by atoms with Crippen molar-refractivity contribution in [3.8, 4) is 0 Å². The summed E-state index contributed by atoms with van der Waals surface area (Å²) in [5.74, 6) is 0.971. The summed E-state index contributed by atoms with van der Waals surface area (Å²) < 4.78 is 11.9. The van der Waals surface area contributed by atoms with Gasteiger partial charge in [0.05, 0.1) is 30.5 Å². The van der Waals surface area contributed by atoms with Crippen LogP contribution in [0.1, 0.15) is 127 Å². The van der Waals surface area contributed by atoms with Crippen molar-refractivity contribution in [1.29, 1.82) is 0 Å². The molecule has 8 heteroatoms. The smallest absolute Gasteiger partial charge is 0.209 e. The van der Waals surface area contributed by atoms with Gasteiger partial charge in [0.25, 0.3) is 0 Å². The molecule has 8 nitrogen and oxygen atoms in total. The minimum Gasteiger partial charge on any atom is -0.394 e. The SMILES string of the molecule is CC(O)C(CO)OC(O[C@H]1CC[C@]2(C)C3=C(CCC2C1(C)C)[C@]1(C)CCC([C@H](C)C(O)CCC(C)(C)O)[C@@]1(C)CC3)C(O)O. The minimum atomic E-state index is -1.89. The molecule has 0 aromatic carbocycles. The molecule has 4 rings (SSSR count). The van der Waals surface area contributed by atoms with Crippen LogP contribution in [-0.2, 0) is 9.47 Å². The fourth-order valence-corrected chi connectivity index (χ4v) is 10.6. The molecule has 6 N–H and O–H groups in total. The van der Waals surface area contributed by atoms with Crippen LogP contribution < -0.4 is 0 Å². The van der Waals surface area contributed by atoms with Crippen molar-refractivity contribution >= 4 is 0 Å². The Morgan fingerprint density at radius 1 is 0.886 bits per heavy atom. The zero-order chi connectivity index (χ0) is 33.0. The van der Waals surface area contributed by atoms with Gasteiger partial charge in [-0.3, -0.25) is 0 Å². The fourth-order valence-electron chi connectivity index (χ4n) is 10.6. The molecule has 0 aromatic heterocycles. The van der Waals surface area contributed by atoms with Crippen molar-refractivity contribution in [3.05, 3.63) is 11.1 Å². The van der Waals surface area contributed by atoms with E-state index in [0.29, 0.717) is 24.7 Å². The number of fused-ring (bicyclic) bond motifs is 4. The molecule has 11 atom stereocenters. The summed E-state index contributed by atoms with van der Waals surface area (Å²) in [6.07, 6.45) is 3.59. The van der Waals surface area contributed by atoms with Crippen LogP contribution in [0.5, 0.6) is 0 Å². The molecule has 0 amide bonds. The van der Waals surface area contributed by atoms with E-state index in [-0.39, 0.29) is 33.7 Å². The highest BCUT2D eigenvalue weighted by Gasteiger charge is 2.64. The van der Waals surface area contributed by atoms with Crippen LogP contribution in [0.3, 0.4) is 0 Å². The normalized spacial score (nSPS) is 38.9. The lowest BCUT2D eigenvalue weighted by molar-refractivity contribution is -0.312. The Bertz CT molecular complexity index is 1030. The number of rotatable bonds is 12. The summed E-state index contributed by atoms with van der Waals surface area (Å²) >= 11 is 0. The Morgan fingerprint density at radius 2 is 1.55 bits per heavy atom. The van der Waals surface area contributed by atoms with E-state index < -0.39 is 43.1 Å². The molecule has 44 heavy (non-hydrogen) atoms. The highest BCUT2D eigenvalue weighted by Crippen LogP contribution is 2.72. The van der Waals surface area contributed by atoms with Crippen LogP contribution in [-0.4, -0.2) is 79.8 Å². The van der Waals surface area contributed by atoms with E-state index in [1.165, 1.54) is 6.92 Å². The Hall–Kier alpha value is -0.580. The topological polar surface area (TPSA) is 140 Å². The van der Waals surface area contributed by atoms with Gasteiger partial charge in [-0.15, -0.1) is 0 Å². The van der Waals surface area contributed by atoms with Crippen LogP contribution >= 0.6 is 0 Å². The first-order valence-corrected chi connectivity index (χ1v) is 17.3. The molecule has 0 aromatic rings. The summed E-state index contributed by atoms with van der Waals surface area (Å²) in [5.41, 5.74) is 2.52. The number of hydrogen-bond donors (Lipinski definition) is 6. The highest BCUT2D eigenvalue weighted by atomic mass is 16.7. The maximum Gasteiger partial charge on any atom is 0.209 e. The summed E-state index contributed by atoms with van der Waals surface area (Å²) in [4.78, 5) is 0. The molecule has 0 radical (unpaired) electrons. The standard InChI is InChI=1S/C36H64O8/c1-21(26(39)14-16-32(3,4)42)23-12-18-36(9)25-10-11-28-33(5,6)29(44-31(30(40)41)43-27(20-37)22(2)38)15-17-34(28,7)24(25)13-19-35(23,36)8/h21-23,26-31,37-42H,10-20H2,1-9H3/t21-,22?,23?,26?,27?,28?,29-,31?,34+,35+,36-/m0/s1. The van der Waals surface area contributed by atoms with E-state index in [9.17, 15) is 30.6 Å². The summed E-state index contributed by atoms with van der Waals surface area (Å²) in [6, 6.07) is 0. The molecule has 4 aliphatic rings. The molecule has 0 spiro atoms. The van der Waals surface area contributed by atoms with E-state index in [1.54, 1.807) is 11.1 Å². The monoisotopic (exact) mass is 624 g/mol. The molecule has 0 saturated heterocycles. The van der Waals surface area contributed by atoms with Crippen LogP contribution in [0.2, 0.25) is 0 Å². The van der Waals surface area contributed by atoms with Gasteiger partial charge in [0.15, 0.2) is 0 Å². The lowest BCUT2D eigenvalue weighted by Crippen LogP contribution is -2.57. The third-order valence-corrected chi connectivity index (χ3v) is 13.6. The molecule has 2 fully saturated rings. The first-order valence-electron chi connectivity index (χ1n) is 17.3. The summed E-state index contributed by atoms with van der Waals surface area (Å²) in [7, 11) is 0. The van der Waals surface area contributed by atoms with Crippen molar-refractivity contribution in [2.75, 3.05) is 6.61 Å². The summed E-state index contributed by atoms with van der Waals surface area (Å²) in [6.45, 7) is 18.8. The molecular weight excluding hydrogens is 560 g/mol. The molecular formula is C36H64O8. The van der Waals surface area contributed by atoms with Gasteiger partial charge in [0.2, 0.25) is 12.6 Å². The first-order chi connectivity index (χ1) is 20.2. The fraction of sp³-hybridized carbons (Fsp3) is 0.944. The van der Waals surface area contributed by atoms with Crippen molar-refractivity contribution in [2.24, 2.45) is 39.4 Å². The van der Waals surface area contributed by atoms with Crippen molar-refractivity contribution < 1.29 is 40.1 Å². The molecule has 0 bridgehead atoms. The second-order valence-electron chi connectivity index (χ2n) is 17.0. The van der Waals surface area contributed by atoms with Crippen LogP contribution in [0.4, 0.5) is 0 Å². The van der Waals surface area contributed by atoms with Crippen molar-refractivity contribution in [1.82, 2.24) is 0 Å². The number of hydrogen-bond acceptors (Lipinski definition) is 8. The Balaban J connectivity index is 1.56. The largest absolute Gasteiger partial charge is 0.394 e. The number of aliphatic hydroxyl groups is 6. The maximum absolute atomic E-state index is 11.2. The van der Waals surface area contributed by atoms with Gasteiger partial charge in [-0.1, -0.05) is 52.7 Å². The second kappa shape index (κ2) is 12.8. The van der Waals surface area contributed by atoms with Crippen molar-refractivity contribution in [3.63, 3.8) is 0 Å². The Morgan fingerprint density at radius 3 is 2.11 bits per heavy atom. The predicted octanol–water partition coefficient (Wildman–Crippen LogP) is 5.06. The average molecular weight is 625 g/mol. The van der Waals surface area contributed by atoms with E-state index in [2.05, 4.69) is 41.5 Å².